The average Bonchev–Trinajstić information content (AvgIpc) is 2.28. The topological polar surface area (TPSA) is 64.9 Å². The van der Waals surface area contributed by atoms with Crippen LogP contribution in [0.15, 0.2) is 22.7 Å². The van der Waals surface area contributed by atoms with Crippen molar-refractivity contribution in [3.05, 3.63) is 27.7 Å². The lowest BCUT2D eigenvalue weighted by molar-refractivity contribution is -0.119. The van der Waals surface area contributed by atoms with Gasteiger partial charge in [0.05, 0.1) is 27.8 Å². The molecule has 84 valence electrons. The molecule has 2 N–H and O–H groups in total. The molecule has 6 heteroatoms. The van der Waals surface area contributed by atoms with Gasteiger partial charge in [0.1, 0.15) is 6.54 Å². The Balaban J connectivity index is 2.52. The zero-order valence-corrected chi connectivity index (χ0v) is 10.6. The minimum Gasteiger partial charge on any atom is -0.375 e. The van der Waals surface area contributed by atoms with Crippen molar-refractivity contribution in [3.8, 4) is 6.07 Å². The van der Waals surface area contributed by atoms with Crippen LogP contribution in [0.1, 0.15) is 0 Å². The van der Waals surface area contributed by atoms with Gasteiger partial charge in [-0.25, -0.2) is 0 Å². The first-order valence-electron chi connectivity index (χ1n) is 4.46. The van der Waals surface area contributed by atoms with E-state index in [1.54, 1.807) is 18.2 Å². The predicted octanol–water partition coefficient (Wildman–Crippen LogP) is 2.15. The number of nitrogens with zero attached hydrogens (tertiary/aromatic N) is 1. The lowest BCUT2D eigenvalue weighted by Crippen LogP contribution is -2.30. The Morgan fingerprint density at radius 2 is 2.31 bits per heavy atom. The quantitative estimate of drug-likeness (QED) is 0.838. The molecule has 1 amide bonds. The first-order chi connectivity index (χ1) is 7.65. The molecule has 0 aromatic heterocycles. The molecule has 0 heterocycles. The van der Waals surface area contributed by atoms with Crippen molar-refractivity contribution in [1.29, 1.82) is 5.26 Å². The highest BCUT2D eigenvalue weighted by Gasteiger charge is 2.05. The van der Waals surface area contributed by atoms with Crippen LogP contribution < -0.4 is 10.6 Å². The fourth-order valence-corrected chi connectivity index (χ4v) is 1.60. The lowest BCUT2D eigenvalue weighted by Gasteiger charge is -2.08. The fourth-order valence-electron chi connectivity index (χ4n) is 1.02. The average molecular weight is 303 g/mol. The number of carbonyl (C=O) groups excluding carboxylic acids is 1. The Labute approximate surface area is 107 Å². The maximum absolute atomic E-state index is 11.2. The molecule has 16 heavy (non-hydrogen) atoms. The van der Waals surface area contributed by atoms with Gasteiger partial charge in [-0.3, -0.25) is 4.79 Å². The van der Waals surface area contributed by atoms with Gasteiger partial charge in [0.15, 0.2) is 0 Å². The van der Waals surface area contributed by atoms with Gasteiger partial charge in [-0.1, -0.05) is 17.7 Å². The summed E-state index contributed by atoms with van der Waals surface area (Å²) in [6.07, 6.45) is 0. The van der Waals surface area contributed by atoms with Gasteiger partial charge in [-0.2, -0.15) is 5.26 Å². The molecule has 0 spiro atoms. The van der Waals surface area contributed by atoms with Crippen LogP contribution >= 0.6 is 27.5 Å². The number of nitriles is 1. The number of hydrogen-bond acceptors (Lipinski definition) is 3. The second-order valence-electron chi connectivity index (χ2n) is 2.89. The number of nitrogens with one attached hydrogen (secondary N) is 2. The van der Waals surface area contributed by atoms with Crippen molar-refractivity contribution in [3.63, 3.8) is 0 Å². The summed E-state index contributed by atoms with van der Waals surface area (Å²) in [5.74, 6) is -0.242. The number of halogens is 2. The van der Waals surface area contributed by atoms with E-state index in [2.05, 4.69) is 26.6 Å². The zero-order chi connectivity index (χ0) is 12.0. The van der Waals surface area contributed by atoms with Gasteiger partial charge < -0.3 is 10.6 Å². The number of rotatable bonds is 4. The minimum atomic E-state index is -0.242. The third-order valence-corrected chi connectivity index (χ3v) is 3.15. The molecule has 4 nitrogen and oxygen atoms in total. The van der Waals surface area contributed by atoms with Crippen LogP contribution in [-0.2, 0) is 4.79 Å². The molecule has 0 bridgehead atoms. The third kappa shape index (κ3) is 3.72. The first kappa shape index (κ1) is 12.8. The van der Waals surface area contributed by atoms with Crippen molar-refractivity contribution >= 4 is 39.1 Å². The van der Waals surface area contributed by atoms with Crippen LogP contribution in [0.5, 0.6) is 0 Å². The van der Waals surface area contributed by atoms with E-state index in [4.69, 9.17) is 16.9 Å². The number of benzene rings is 1. The van der Waals surface area contributed by atoms with Crippen LogP contribution in [0, 0.1) is 11.3 Å². The Morgan fingerprint density at radius 1 is 1.56 bits per heavy atom. The molecule has 0 saturated heterocycles. The van der Waals surface area contributed by atoms with Gasteiger partial charge >= 0.3 is 0 Å². The van der Waals surface area contributed by atoms with Crippen molar-refractivity contribution < 1.29 is 4.79 Å². The summed E-state index contributed by atoms with van der Waals surface area (Å²) >= 11 is 9.19. The van der Waals surface area contributed by atoms with Crippen molar-refractivity contribution in [2.75, 3.05) is 18.4 Å². The summed E-state index contributed by atoms with van der Waals surface area (Å²) in [5, 5.41) is 14.2. The molecule has 1 aromatic rings. The van der Waals surface area contributed by atoms with E-state index in [0.717, 1.165) is 5.69 Å². The molecule has 0 fully saturated rings. The highest BCUT2D eigenvalue weighted by atomic mass is 79.9. The van der Waals surface area contributed by atoms with Gasteiger partial charge in [-0.15, -0.1) is 0 Å². The van der Waals surface area contributed by atoms with E-state index in [1.165, 1.54) is 0 Å². The molecule has 0 saturated carbocycles. The number of hydrogen-bond donors (Lipinski definition) is 2. The van der Waals surface area contributed by atoms with Gasteiger partial charge in [0.2, 0.25) is 5.91 Å². The smallest absolute Gasteiger partial charge is 0.240 e. The molecule has 0 unspecified atom stereocenters. The number of amides is 1. The van der Waals surface area contributed by atoms with Crippen molar-refractivity contribution in [1.82, 2.24) is 5.32 Å². The number of anilines is 1. The summed E-state index contributed by atoms with van der Waals surface area (Å²) in [4.78, 5) is 11.2. The van der Waals surface area contributed by atoms with Gasteiger partial charge in [-0.05, 0) is 28.1 Å². The maximum Gasteiger partial charge on any atom is 0.240 e. The monoisotopic (exact) mass is 301 g/mol. The molecular formula is C10H9BrClN3O. The Kier molecular flexibility index (Phi) is 5.09. The second-order valence-corrected chi connectivity index (χ2v) is 4.09. The molecule has 0 radical (unpaired) electrons. The highest BCUT2D eigenvalue weighted by molar-refractivity contribution is 9.10. The summed E-state index contributed by atoms with van der Waals surface area (Å²) in [6, 6.07) is 7.15. The zero-order valence-electron chi connectivity index (χ0n) is 8.26. The molecule has 0 atom stereocenters. The summed E-state index contributed by atoms with van der Waals surface area (Å²) in [6.45, 7) is 0.109. The minimum absolute atomic E-state index is 0.0111. The molecule has 0 aliphatic rings. The van der Waals surface area contributed by atoms with Crippen LogP contribution in [0.4, 0.5) is 5.69 Å². The van der Waals surface area contributed by atoms with E-state index in [1.807, 2.05) is 6.07 Å². The van der Waals surface area contributed by atoms with Gasteiger partial charge in [0, 0.05) is 0 Å². The fraction of sp³-hybridized carbons (Fsp3) is 0.200. The van der Waals surface area contributed by atoms with Crippen LogP contribution in [0.2, 0.25) is 5.02 Å². The van der Waals surface area contributed by atoms with Crippen LogP contribution in [-0.4, -0.2) is 19.0 Å². The Bertz CT molecular complexity index is 431. The summed E-state index contributed by atoms with van der Waals surface area (Å²) in [5.41, 5.74) is 0.736. The summed E-state index contributed by atoms with van der Waals surface area (Å²) < 4.78 is 0.713. The predicted molar refractivity (Wildman–Crippen MR) is 66.3 cm³/mol. The van der Waals surface area contributed by atoms with Crippen LogP contribution in [0.3, 0.4) is 0 Å². The Hall–Kier alpha value is -1.25. The van der Waals surface area contributed by atoms with E-state index in [9.17, 15) is 4.79 Å². The van der Waals surface area contributed by atoms with Gasteiger partial charge in [0.25, 0.3) is 0 Å². The lowest BCUT2D eigenvalue weighted by atomic mass is 10.3. The molecule has 1 aromatic carbocycles. The summed E-state index contributed by atoms with van der Waals surface area (Å²) in [7, 11) is 0. The SMILES string of the molecule is N#CCNC(=O)CNc1cccc(Cl)c1Br. The van der Waals surface area contributed by atoms with E-state index >= 15 is 0 Å². The van der Waals surface area contributed by atoms with Crippen LogP contribution in [0.25, 0.3) is 0 Å². The molecule has 0 aliphatic carbocycles. The van der Waals surface area contributed by atoms with E-state index in [0.29, 0.717) is 9.50 Å². The standard InChI is InChI=1S/C10H9BrClN3O/c11-10-7(12)2-1-3-8(10)15-6-9(16)14-5-4-13/h1-3,15H,5-6H2,(H,14,16). The largest absolute Gasteiger partial charge is 0.375 e. The maximum atomic E-state index is 11.2. The van der Waals surface area contributed by atoms with E-state index in [-0.39, 0.29) is 19.0 Å². The second kappa shape index (κ2) is 6.36. The first-order valence-corrected chi connectivity index (χ1v) is 5.63. The Morgan fingerprint density at radius 3 is 3.00 bits per heavy atom. The molecule has 1 rings (SSSR count). The normalized spacial score (nSPS) is 9.31. The molecule has 0 aliphatic heterocycles. The molecular weight excluding hydrogens is 293 g/mol. The van der Waals surface area contributed by atoms with Crippen molar-refractivity contribution in [2.24, 2.45) is 0 Å². The third-order valence-electron chi connectivity index (χ3n) is 1.76. The van der Waals surface area contributed by atoms with E-state index < -0.39 is 0 Å². The van der Waals surface area contributed by atoms with Crippen molar-refractivity contribution in [2.45, 2.75) is 0 Å². The number of carbonyl (C=O) groups is 1. The highest BCUT2D eigenvalue weighted by Crippen LogP contribution is 2.29.